The van der Waals surface area contributed by atoms with Crippen molar-refractivity contribution in [3.05, 3.63) is 133 Å². The number of fused-ring (bicyclic) bond motifs is 5. The lowest BCUT2D eigenvalue weighted by molar-refractivity contribution is 0.621. The van der Waals surface area contributed by atoms with E-state index in [9.17, 15) is 0 Å². The minimum atomic E-state index is -0.151. The van der Waals surface area contributed by atoms with Crippen LogP contribution in [0.4, 0.5) is 0 Å². The first-order chi connectivity index (χ1) is 17.6. The Morgan fingerprint density at radius 2 is 1.25 bits per heavy atom. The molecule has 1 aliphatic rings. The van der Waals surface area contributed by atoms with Gasteiger partial charge in [-0.3, -0.25) is 4.57 Å². The second-order valence-corrected chi connectivity index (χ2v) is 10.1. The van der Waals surface area contributed by atoms with Crippen LogP contribution in [0, 0.1) is 0 Å². The quantitative estimate of drug-likeness (QED) is 0.257. The molecule has 0 unspecified atom stereocenters. The third-order valence-corrected chi connectivity index (χ3v) is 7.55. The van der Waals surface area contributed by atoms with Gasteiger partial charge in [0.15, 0.2) is 0 Å². The van der Waals surface area contributed by atoms with Gasteiger partial charge in [-0.25, -0.2) is 4.98 Å². The van der Waals surface area contributed by atoms with Gasteiger partial charge in [-0.2, -0.15) is 0 Å². The van der Waals surface area contributed by atoms with E-state index in [1.165, 1.54) is 44.4 Å². The van der Waals surface area contributed by atoms with Crippen molar-refractivity contribution in [1.29, 1.82) is 0 Å². The van der Waals surface area contributed by atoms with Crippen LogP contribution in [0.3, 0.4) is 0 Å². The number of benzene rings is 4. The Labute approximate surface area is 211 Å². The molecule has 2 aromatic heterocycles. The molecule has 0 bridgehead atoms. The Kier molecular flexibility index (Phi) is 4.52. The number of pyridine rings is 1. The molecule has 172 valence electrons. The standard InChI is InChI=1S/C34H26N2/c1-34(2)28-19-11-9-17-26(28)32-27-18-10-12-20-30(27)36(33(32)34)31-22-25(23-13-5-3-6-14-23)21-29(35-31)24-15-7-4-8-16-24/h3-22H,1-2H3. The van der Waals surface area contributed by atoms with E-state index in [1.54, 1.807) is 0 Å². The fraction of sp³-hybridized carbons (Fsp3) is 0.0882. The highest BCUT2D eigenvalue weighted by molar-refractivity contribution is 6.03. The maximum Gasteiger partial charge on any atom is 0.138 e. The van der Waals surface area contributed by atoms with Crippen molar-refractivity contribution in [3.8, 4) is 39.3 Å². The first kappa shape index (κ1) is 20.9. The van der Waals surface area contributed by atoms with Crippen LogP contribution in [0.2, 0.25) is 0 Å². The van der Waals surface area contributed by atoms with Crippen molar-refractivity contribution in [2.24, 2.45) is 0 Å². The summed E-state index contributed by atoms with van der Waals surface area (Å²) in [5.74, 6) is 0.952. The van der Waals surface area contributed by atoms with Gasteiger partial charge in [-0.15, -0.1) is 0 Å². The summed E-state index contributed by atoms with van der Waals surface area (Å²) in [6.45, 7) is 4.68. The van der Waals surface area contributed by atoms with E-state index in [0.717, 1.165) is 17.1 Å². The average Bonchev–Trinajstić information content (AvgIpc) is 3.40. The van der Waals surface area contributed by atoms with Crippen LogP contribution >= 0.6 is 0 Å². The summed E-state index contributed by atoms with van der Waals surface area (Å²) in [6.07, 6.45) is 0. The third-order valence-electron chi connectivity index (χ3n) is 7.55. The zero-order valence-corrected chi connectivity index (χ0v) is 20.4. The summed E-state index contributed by atoms with van der Waals surface area (Å²) >= 11 is 0. The topological polar surface area (TPSA) is 17.8 Å². The molecule has 2 heteroatoms. The fourth-order valence-corrected chi connectivity index (χ4v) is 5.90. The van der Waals surface area contributed by atoms with Crippen LogP contribution in [0.15, 0.2) is 121 Å². The Balaban J connectivity index is 1.58. The van der Waals surface area contributed by atoms with Crippen LogP contribution in [-0.2, 0) is 5.41 Å². The largest absolute Gasteiger partial charge is 0.297 e. The van der Waals surface area contributed by atoms with E-state index in [2.05, 4.69) is 140 Å². The first-order valence-electron chi connectivity index (χ1n) is 12.5. The molecule has 0 saturated heterocycles. The van der Waals surface area contributed by atoms with Crippen molar-refractivity contribution in [2.75, 3.05) is 0 Å². The number of hydrogen-bond donors (Lipinski definition) is 0. The smallest absolute Gasteiger partial charge is 0.138 e. The van der Waals surface area contributed by atoms with Crippen LogP contribution in [0.1, 0.15) is 25.1 Å². The third kappa shape index (κ3) is 3.01. The SMILES string of the molecule is CC1(C)c2ccccc2-c2c1n(-c1cc(-c3ccccc3)cc(-c3ccccc3)n1)c1ccccc21. The maximum atomic E-state index is 5.29. The lowest BCUT2D eigenvalue weighted by atomic mass is 9.85. The second-order valence-electron chi connectivity index (χ2n) is 10.1. The Bertz CT molecular complexity index is 1680. The minimum Gasteiger partial charge on any atom is -0.297 e. The lowest BCUT2D eigenvalue weighted by Gasteiger charge is -2.24. The van der Waals surface area contributed by atoms with Gasteiger partial charge in [-0.05, 0) is 40.5 Å². The van der Waals surface area contributed by atoms with Gasteiger partial charge < -0.3 is 0 Å². The lowest BCUT2D eigenvalue weighted by Crippen LogP contribution is -2.20. The maximum absolute atomic E-state index is 5.29. The predicted molar refractivity (Wildman–Crippen MR) is 150 cm³/mol. The highest BCUT2D eigenvalue weighted by atomic mass is 15.1. The molecule has 0 saturated carbocycles. The molecule has 0 atom stereocenters. The zero-order chi connectivity index (χ0) is 24.3. The summed E-state index contributed by atoms with van der Waals surface area (Å²) in [6, 6.07) is 43.1. The Morgan fingerprint density at radius 1 is 0.611 bits per heavy atom. The van der Waals surface area contributed by atoms with Crippen LogP contribution in [0.25, 0.3) is 50.2 Å². The molecule has 1 aliphatic carbocycles. The molecule has 6 aromatic rings. The number of para-hydroxylation sites is 1. The van der Waals surface area contributed by atoms with Crippen LogP contribution < -0.4 is 0 Å². The monoisotopic (exact) mass is 462 g/mol. The number of rotatable bonds is 3. The van der Waals surface area contributed by atoms with E-state index in [-0.39, 0.29) is 5.41 Å². The molecule has 0 fully saturated rings. The molecule has 36 heavy (non-hydrogen) atoms. The molecule has 0 aliphatic heterocycles. The molecular formula is C34H26N2. The number of aromatic nitrogens is 2. The predicted octanol–water partition coefficient (Wildman–Crippen LogP) is 8.67. The minimum absolute atomic E-state index is 0.151. The number of hydrogen-bond acceptors (Lipinski definition) is 1. The molecule has 0 spiro atoms. The Morgan fingerprint density at radius 3 is 2.03 bits per heavy atom. The van der Waals surface area contributed by atoms with Crippen molar-refractivity contribution in [2.45, 2.75) is 19.3 Å². The second kappa shape index (κ2) is 7.79. The molecule has 0 amide bonds. The van der Waals surface area contributed by atoms with Crippen molar-refractivity contribution in [3.63, 3.8) is 0 Å². The van der Waals surface area contributed by atoms with E-state index < -0.39 is 0 Å². The van der Waals surface area contributed by atoms with Gasteiger partial charge in [0.1, 0.15) is 5.82 Å². The molecular weight excluding hydrogens is 436 g/mol. The normalized spacial score (nSPS) is 13.5. The van der Waals surface area contributed by atoms with Gasteiger partial charge in [0.2, 0.25) is 0 Å². The summed E-state index contributed by atoms with van der Waals surface area (Å²) in [5.41, 5.74) is 10.8. The first-order valence-corrected chi connectivity index (χ1v) is 12.5. The van der Waals surface area contributed by atoms with E-state index in [0.29, 0.717) is 0 Å². The van der Waals surface area contributed by atoms with E-state index in [1.807, 2.05) is 0 Å². The van der Waals surface area contributed by atoms with Crippen LogP contribution in [-0.4, -0.2) is 9.55 Å². The van der Waals surface area contributed by atoms with Crippen molar-refractivity contribution < 1.29 is 0 Å². The highest BCUT2D eigenvalue weighted by Gasteiger charge is 2.40. The summed E-state index contributed by atoms with van der Waals surface area (Å²) < 4.78 is 2.41. The average molecular weight is 463 g/mol. The summed E-state index contributed by atoms with van der Waals surface area (Å²) in [4.78, 5) is 5.29. The molecule has 7 rings (SSSR count). The van der Waals surface area contributed by atoms with Gasteiger partial charge in [0.05, 0.1) is 11.2 Å². The van der Waals surface area contributed by atoms with E-state index in [4.69, 9.17) is 4.98 Å². The van der Waals surface area contributed by atoms with E-state index >= 15 is 0 Å². The molecule has 0 N–H and O–H groups in total. The van der Waals surface area contributed by atoms with Gasteiger partial charge in [-0.1, -0.05) is 117 Å². The summed E-state index contributed by atoms with van der Waals surface area (Å²) in [5, 5.41) is 1.28. The fourth-order valence-electron chi connectivity index (χ4n) is 5.90. The molecule has 2 heterocycles. The van der Waals surface area contributed by atoms with Gasteiger partial charge >= 0.3 is 0 Å². The molecule has 0 radical (unpaired) electrons. The zero-order valence-electron chi connectivity index (χ0n) is 20.4. The Hall–Kier alpha value is -4.43. The van der Waals surface area contributed by atoms with Gasteiger partial charge in [0, 0.05) is 27.6 Å². The van der Waals surface area contributed by atoms with Crippen molar-refractivity contribution >= 4 is 10.9 Å². The van der Waals surface area contributed by atoms with Crippen LogP contribution in [0.5, 0.6) is 0 Å². The molecule has 4 aromatic carbocycles. The molecule has 2 nitrogen and oxygen atoms in total. The number of nitrogens with zero attached hydrogens (tertiary/aromatic N) is 2. The van der Waals surface area contributed by atoms with Crippen molar-refractivity contribution in [1.82, 2.24) is 9.55 Å². The highest BCUT2D eigenvalue weighted by Crippen LogP contribution is 2.53. The summed E-state index contributed by atoms with van der Waals surface area (Å²) in [7, 11) is 0. The van der Waals surface area contributed by atoms with Gasteiger partial charge in [0.25, 0.3) is 0 Å².